The van der Waals surface area contributed by atoms with Gasteiger partial charge in [0.05, 0.1) is 14.2 Å². The third-order valence-electron chi connectivity index (χ3n) is 3.16. The summed E-state index contributed by atoms with van der Waals surface area (Å²) in [5.41, 5.74) is 6.54. The van der Waals surface area contributed by atoms with Gasteiger partial charge >= 0.3 is 0 Å². The zero-order valence-electron chi connectivity index (χ0n) is 11.9. The van der Waals surface area contributed by atoms with Crippen LogP contribution < -0.4 is 20.8 Å². The summed E-state index contributed by atoms with van der Waals surface area (Å²) in [6.07, 6.45) is 0.664. The number of ether oxygens (including phenoxy) is 2. The van der Waals surface area contributed by atoms with Crippen molar-refractivity contribution < 1.29 is 9.47 Å². The summed E-state index contributed by atoms with van der Waals surface area (Å²) in [5.74, 6) is 1.82. The first-order valence-corrected chi connectivity index (χ1v) is 6.76. The Morgan fingerprint density at radius 1 is 1.29 bits per heavy atom. The SMILES string of the molecule is COc1ccc(CCn2c(N)cc(=O)[nH]c2=S)c(OC)c1. The summed E-state index contributed by atoms with van der Waals surface area (Å²) in [5, 5.41) is 0. The summed E-state index contributed by atoms with van der Waals surface area (Å²) in [7, 11) is 3.22. The second-order valence-corrected chi connectivity index (χ2v) is 4.83. The first-order chi connectivity index (χ1) is 10.0. The summed E-state index contributed by atoms with van der Waals surface area (Å²) in [4.78, 5) is 13.8. The van der Waals surface area contributed by atoms with Crippen LogP contribution in [-0.2, 0) is 13.0 Å². The van der Waals surface area contributed by atoms with E-state index < -0.39 is 0 Å². The normalized spacial score (nSPS) is 10.4. The maximum atomic E-state index is 11.3. The zero-order valence-corrected chi connectivity index (χ0v) is 12.7. The van der Waals surface area contributed by atoms with Crippen LogP contribution in [-0.4, -0.2) is 23.8 Å². The average Bonchev–Trinajstić information content (AvgIpc) is 2.46. The minimum Gasteiger partial charge on any atom is -0.497 e. The van der Waals surface area contributed by atoms with Crippen LogP contribution in [0.3, 0.4) is 0 Å². The number of rotatable bonds is 5. The topological polar surface area (TPSA) is 82.3 Å². The molecular formula is C14H17N3O3S. The molecule has 0 fully saturated rings. The number of benzene rings is 1. The maximum absolute atomic E-state index is 11.3. The van der Waals surface area contributed by atoms with Crippen LogP contribution >= 0.6 is 12.2 Å². The standard InChI is InChI=1S/C14H17N3O3S/c1-19-10-4-3-9(11(7-10)20-2)5-6-17-12(15)8-13(18)16-14(17)21/h3-4,7-8H,5-6,15H2,1-2H3,(H,16,18,21). The Morgan fingerprint density at radius 3 is 2.67 bits per heavy atom. The Balaban J connectivity index is 2.24. The van der Waals surface area contributed by atoms with Crippen LogP contribution in [0.4, 0.5) is 5.82 Å². The maximum Gasteiger partial charge on any atom is 0.253 e. The van der Waals surface area contributed by atoms with Crippen molar-refractivity contribution >= 4 is 18.0 Å². The molecule has 1 aromatic carbocycles. The smallest absolute Gasteiger partial charge is 0.253 e. The van der Waals surface area contributed by atoms with Gasteiger partial charge in [-0.25, -0.2) is 0 Å². The van der Waals surface area contributed by atoms with Crippen LogP contribution in [0, 0.1) is 4.77 Å². The molecule has 0 saturated carbocycles. The monoisotopic (exact) mass is 307 g/mol. The number of nitrogens with zero attached hydrogens (tertiary/aromatic N) is 1. The summed E-state index contributed by atoms with van der Waals surface area (Å²) < 4.78 is 12.5. The van der Waals surface area contributed by atoms with Crippen molar-refractivity contribution in [2.75, 3.05) is 20.0 Å². The highest BCUT2D eigenvalue weighted by molar-refractivity contribution is 7.71. The van der Waals surface area contributed by atoms with Gasteiger partial charge in [-0.05, 0) is 30.3 Å². The Morgan fingerprint density at radius 2 is 2.05 bits per heavy atom. The highest BCUT2D eigenvalue weighted by Gasteiger charge is 2.07. The van der Waals surface area contributed by atoms with E-state index in [2.05, 4.69) is 4.98 Å². The molecule has 3 N–H and O–H groups in total. The van der Waals surface area contributed by atoms with Crippen molar-refractivity contribution in [3.8, 4) is 11.5 Å². The van der Waals surface area contributed by atoms with E-state index in [0.717, 1.165) is 17.1 Å². The van der Waals surface area contributed by atoms with Gasteiger partial charge in [-0.2, -0.15) is 0 Å². The molecule has 0 aliphatic heterocycles. The molecule has 0 bridgehead atoms. The molecule has 6 nitrogen and oxygen atoms in total. The van der Waals surface area contributed by atoms with Crippen LogP contribution in [0.5, 0.6) is 11.5 Å². The van der Waals surface area contributed by atoms with Gasteiger partial charge in [0.15, 0.2) is 4.77 Å². The van der Waals surface area contributed by atoms with Crippen molar-refractivity contribution in [1.29, 1.82) is 0 Å². The third kappa shape index (κ3) is 3.43. The fraction of sp³-hybridized carbons (Fsp3) is 0.286. The Hall–Kier alpha value is -2.28. The van der Waals surface area contributed by atoms with Crippen molar-refractivity contribution in [3.63, 3.8) is 0 Å². The number of H-pyrrole nitrogens is 1. The molecule has 0 saturated heterocycles. The number of nitrogens with two attached hydrogens (primary N) is 1. The van der Waals surface area contributed by atoms with E-state index in [1.807, 2.05) is 18.2 Å². The third-order valence-corrected chi connectivity index (χ3v) is 3.49. The molecule has 0 unspecified atom stereocenters. The highest BCUT2D eigenvalue weighted by atomic mass is 32.1. The number of nitrogens with one attached hydrogen (secondary N) is 1. The molecule has 1 heterocycles. The van der Waals surface area contributed by atoms with E-state index >= 15 is 0 Å². The number of aryl methyl sites for hydroxylation is 1. The van der Waals surface area contributed by atoms with Gasteiger partial charge in [-0.3, -0.25) is 9.78 Å². The molecule has 0 aliphatic rings. The van der Waals surface area contributed by atoms with E-state index in [4.69, 9.17) is 27.4 Å². The molecule has 21 heavy (non-hydrogen) atoms. The molecule has 0 radical (unpaired) electrons. The van der Waals surface area contributed by atoms with Crippen molar-refractivity contribution in [1.82, 2.24) is 9.55 Å². The van der Waals surface area contributed by atoms with Crippen LogP contribution in [0.15, 0.2) is 29.1 Å². The molecule has 0 amide bonds. The van der Waals surface area contributed by atoms with Crippen LogP contribution in [0.2, 0.25) is 0 Å². The summed E-state index contributed by atoms with van der Waals surface area (Å²) in [6, 6.07) is 6.95. The van der Waals surface area contributed by atoms with Crippen LogP contribution in [0.25, 0.3) is 0 Å². The first-order valence-electron chi connectivity index (χ1n) is 6.35. The fourth-order valence-electron chi connectivity index (χ4n) is 2.06. The van der Waals surface area contributed by atoms with E-state index in [0.29, 0.717) is 23.6 Å². The fourth-order valence-corrected chi connectivity index (χ4v) is 2.36. The molecule has 112 valence electrons. The second-order valence-electron chi connectivity index (χ2n) is 4.44. The Labute approximate surface area is 127 Å². The van der Waals surface area contributed by atoms with Crippen molar-refractivity contribution in [2.45, 2.75) is 13.0 Å². The van der Waals surface area contributed by atoms with Gasteiger partial charge in [0.25, 0.3) is 5.56 Å². The van der Waals surface area contributed by atoms with E-state index in [1.54, 1.807) is 18.8 Å². The summed E-state index contributed by atoms with van der Waals surface area (Å²) in [6.45, 7) is 0.546. The number of aromatic nitrogens is 2. The van der Waals surface area contributed by atoms with Gasteiger partial charge in [0.2, 0.25) is 0 Å². The van der Waals surface area contributed by atoms with Gasteiger partial charge < -0.3 is 19.8 Å². The minimum atomic E-state index is -0.296. The number of methoxy groups -OCH3 is 2. The molecule has 2 aromatic rings. The molecule has 1 aromatic heterocycles. The van der Waals surface area contributed by atoms with E-state index in [9.17, 15) is 4.79 Å². The highest BCUT2D eigenvalue weighted by Crippen LogP contribution is 2.25. The lowest BCUT2D eigenvalue weighted by Gasteiger charge is -2.13. The van der Waals surface area contributed by atoms with E-state index in [1.165, 1.54) is 6.07 Å². The predicted octanol–water partition coefficient (Wildman–Crippen LogP) is 1.75. The lowest BCUT2D eigenvalue weighted by Crippen LogP contribution is -2.17. The lowest BCUT2D eigenvalue weighted by molar-refractivity contribution is 0.390. The number of aromatic amines is 1. The Kier molecular flexibility index (Phi) is 4.64. The Bertz CT molecular complexity index is 752. The number of nitrogen functional groups attached to an aromatic ring is 1. The van der Waals surface area contributed by atoms with Gasteiger partial charge in [0.1, 0.15) is 17.3 Å². The lowest BCUT2D eigenvalue weighted by atomic mass is 10.1. The molecule has 7 heteroatoms. The second kappa shape index (κ2) is 6.45. The molecule has 0 atom stereocenters. The first kappa shape index (κ1) is 15.1. The molecule has 0 spiro atoms. The largest absolute Gasteiger partial charge is 0.497 e. The van der Waals surface area contributed by atoms with E-state index in [-0.39, 0.29) is 5.56 Å². The number of hydrogen-bond acceptors (Lipinski definition) is 5. The van der Waals surface area contributed by atoms with Crippen molar-refractivity contribution in [3.05, 3.63) is 45.0 Å². The number of anilines is 1. The zero-order chi connectivity index (χ0) is 15.4. The molecule has 0 aliphatic carbocycles. The van der Waals surface area contributed by atoms with Gasteiger partial charge in [-0.15, -0.1) is 0 Å². The van der Waals surface area contributed by atoms with Gasteiger partial charge in [0, 0.05) is 18.7 Å². The van der Waals surface area contributed by atoms with Crippen molar-refractivity contribution in [2.24, 2.45) is 0 Å². The van der Waals surface area contributed by atoms with Crippen LogP contribution in [0.1, 0.15) is 5.56 Å². The van der Waals surface area contributed by atoms with Gasteiger partial charge in [-0.1, -0.05) is 6.07 Å². The minimum absolute atomic E-state index is 0.296. The molecule has 2 rings (SSSR count). The average molecular weight is 307 g/mol. The molecular weight excluding hydrogens is 290 g/mol. The summed E-state index contributed by atoms with van der Waals surface area (Å²) >= 11 is 5.12. The predicted molar refractivity (Wildman–Crippen MR) is 83.5 cm³/mol. The number of hydrogen-bond donors (Lipinski definition) is 2. The quantitative estimate of drug-likeness (QED) is 0.822.